The van der Waals surface area contributed by atoms with Crippen LogP contribution in [0, 0.1) is 20.8 Å². The van der Waals surface area contributed by atoms with E-state index < -0.39 is 0 Å². The molecule has 5 heterocycles. The standard InChI is InChI=1S/C15H12ClN3.C9H6Cl2N2/c1-9-5-11(7-18-6-9)15-10(2)14(16)12-3-4-17-8-13(12)19-15;1-5-7(10)6-3-2-4-12-9(6)13-8(5)11/h3-8H,1-2H3;2-4H,1H3. The molecule has 0 atom stereocenters. The van der Waals surface area contributed by atoms with Crippen molar-refractivity contribution in [2.75, 3.05) is 0 Å². The predicted molar refractivity (Wildman–Crippen MR) is 132 cm³/mol. The van der Waals surface area contributed by atoms with Crippen molar-refractivity contribution in [2.45, 2.75) is 20.8 Å². The van der Waals surface area contributed by atoms with Crippen molar-refractivity contribution in [1.29, 1.82) is 0 Å². The molecule has 0 aliphatic heterocycles. The van der Waals surface area contributed by atoms with Crippen molar-refractivity contribution >= 4 is 56.7 Å². The predicted octanol–water partition coefficient (Wildman–Crippen LogP) is 7.21. The van der Waals surface area contributed by atoms with Crippen LogP contribution in [0.15, 0.2) is 55.2 Å². The highest BCUT2D eigenvalue weighted by atomic mass is 35.5. The number of aromatic nitrogens is 5. The molecule has 0 N–H and O–H groups in total. The van der Waals surface area contributed by atoms with Crippen molar-refractivity contribution in [2.24, 2.45) is 0 Å². The number of hydrogen-bond acceptors (Lipinski definition) is 5. The van der Waals surface area contributed by atoms with Gasteiger partial charge in [0.25, 0.3) is 0 Å². The van der Waals surface area contributed by atoms with Crippen LogP contribution in [-0.2, 0) is 0 Å². The van der Waals surface area contributed by atoms with Crippen molar-refractivity contribution in [3.05, 3.63) is 87.1 Å². The lowest BCUT2D eigenvalue weighted by atomic mass is 10.1. The number of aryl methyl sites for hydroxylation is 1. The molecule has 0 unspecified atom stereocenters. The van der Waals surface area contributed by atoms with Gasteiger partial charge in [-0.2, -0.15) is 0 Å². The van der Waals surface area contributed by atoms with Crippen LogP contribution in [0.5, 0.6) is 0 Å². The minimum absolute atomic E-state index is 0.413. The fourth-order valence-electron chi connectivity index (χ4n) is 3.26. The highest BCUT2D eigenvalue weighted by molar-refractivity contribution is 6.39. The van der Waals surface area contributed by atoms with Gasteiger partial charge in [-0.1, -0.05) is 34.8 Å². The van der Waals surface area contributed by atoms with Crippen molar-refractivity contribution in [3.8, 4) is 11.3 Å². The second-order valence-electron chi connectivity index (χ2n) is 7.26. The Hall–Kier alpha value is -2.86. The Morgan fingerprint density at radius 1 is 0.750 bits per heavy atom. The van der Waals surface area contributed by atoms with Gasteiger partial charge in [0.05, 0.1) is 27.5 Å². The summed E-state index contributed by atoms with van der Waals surface area (Å²) in [4.78, 5) is 21.1. The van der Waals surface area contributed by atoms with E-state index >= 15 is 0 Å². The molecule has 0 aliphatic carbocycles. The molecule has 0 amide bonds. The summed E-state index contributed by atoms with van der Waals surface area (Å²) in [6, 6.07) is 7.64. The smallest absolute Gasteiger partial charge is 0.162 e. The summed E-state index contributed by atoms with van der Waals surface area (Å²) in [5, 5.41) is 3.54. The molecule has 5 nitrogen and oxygen atoms in total. The first-order valence-electron chi connectivity index (χ1n) is 9.75. The van der Waals surface area contributed by atoms with E-state index in [0.717, 1.165) is 49.3 Å². The maximum atomic E-state index is 6.43. The lowest BCUT2D eigenvalue weighted by Crippen LogP contribution is -1.93. The molecule has 0 saturated carbocycles. The highest BCUT2D eigenvalue weighted by Crippen LogP contribution is 2.32. The summed E-state index contributed by atoms with van der Waals surface area (Å²) < 4.78 is 0. The van der Waals surface area contributed by atoms with Crippen LogP contribution in [0.4, 0.5) is 0 Å². The molecular weight excluding hydrogens is 465 g/mol. The molecule has 5 aromatic heterocycles. The molecule has 160 valence electrons. The Kier molecular flexibility index (Phi) is 6.51. The molecule has 5 aromatic rings. The lowest BCUT2D eigenvalue weighted by Gasteiger charge is -2.10. The van der Waals surface area contributed by atoms with Gasteiger partial charge in [-0.3, -0.25) is 9.97 Å². The maximum Gasteiger partial charge on any atom is 0.162 e. The zero-order valence-corrected chi connectivity index (χ0v) is 19.8. The van der Waals surface area contributed by atoms with Crippen molar-refractivity contribution in [1.82, 2.24) is 24.9 Å². The first-order valence-corrected chi connectivity index (χ1v) is 10.9. The lowest BCUT2D eigenvalue weighted by molar-refractivity contribution is 1.23. The van der Waals surface area contributed by atoms with E-state index in [1.807, 2.05) is 45.2 Å². The third-order valence-corrected chi connectivity index (χ3v) is 6.31. The van der Waals surface area contributed by atoms with Crippen LogP contribution in [0.3, 0.4) is 0 Å². The summed E-state index contributed by atoms with van der Waals surface area (Å²) in [5.41, 5.74) is 6.09. The van der Waals surface area contributed by atoms with E-state index in [2.05, 4.69) is 31.0 Å². The quantitative estimate of drug-likeness (QED) is 0.236. The summed E-state index contributed by atoms with van der Waals surface area (Å²) in [6.07, 6.45) is 8.75. The zero-order valence-electron chi connectivity index (χ0n) is 17.6. The average Bonchev–Trinajstić information content (AvgIpc) is 2.80. The number of pyridine rings is 5. The van der Waals surface area contributed by atoms with Crippen LogP contribution in [0.2, 0.25) is 15.2 Å². The van der Waals surface area contributed by atoms with Gasteiger partial charge < -0.3 is 0 Å². The molecular formula is C24H18Cl3N5. The monoisotopic (exact) mass is 481 g/mol. The van der Waals surface area contributed by atoms with Crippen LogP contribution in [0.25, 0.3) is 33.2 Å². The Balaban J connectivity index is 0.000000165. The fourth-order valence-corrected chi connectivity index (χ4v) is 3.97. The van der Waals surface area contributed by atoms with Gasteiger partial charge in [0.15, 0.2) is 5.65 Å². The molecule has 0 radical (unpaired) electrons. The van der Waals surface area contributed by atoms with Gasteiger partial charge >= 0.3 is 0 Å². The Bertz CT molecular complexity index is 1450. The van der Waals surface area contributed by atoms with E-state index in [9.17, 15) is 0 Å². The topological polar surface area (TPSA) is 64.5 Å². The molecule has 5 rings (SSSR count). The fraction of sp³-hybridized carbons (Fsp3) is 0.125. The summed E-state index contributed by atoms with van der Waals surface area (Å²) >= 11 is 18.4. The second kappa shape index (κ2) is 9.33. The highest BCUT2D eigenvalue weighted by Gasteiger charge is 2.12. The Morgan fingerprint density at radius 2 is 1.53 bits per heavy atom. The van der Waals surface area contributed by atoms with Gasteiger partial charge in [-0.05, 0) is 56.2 Å². The van der Waals surface area contributed by atoms with Gasteiger partial charge in [0.2, 0.25) is 0 Å². The third-order valence-electron chi connectivity index (χ3n) is 4.97. The first kappa shape index (κ1) is 22.3. The van der Waals surface area contributed by atoms with E-state index in [0.29, 0.717) is 15.8 Å². The third kappa shape index (κ3) is 4.37. The van der Waals surface area contributed by atoms with Gasteiger partial charge in [-0.25, -0.2) is 15.0 Å². The maximum absolute atomic E-state index is 6.43. The summed E-state index contributed by atoms with van der Waals surface area (Å²) in [5.74, 6) is 0. The number of fused-ring (bicyclic) bond motifs is 2. The van der Waals surface area contributed by atoms with Gasteiger partial charge in [-0.15, -0.1) is 0 Å². The Morgan fingerprint density at radius 3 is 2.31 bits per heavy atom. The molecule has 0 bridgehead atoms. The summed E-state index contributed by atoms with van der Waals surface area (Å²) in [7, 11) is 0. The average molecular weight is 483 g/mol. The molecule has 0 aliphatic rings. The minimum atomic E-state index is 0.413. The molecule has 0 fully saturated rings. The van der Waals surface area contributed by atoms with Gasteiger partial charge in [0.1, 0.15) is 5.15 Å². The number of rotatable bonds is 1. The normalized spacial score (nSPS) is 10.8. The molecule has 8 heteroatoms. The van der Waals surface area contributed by atoms with Crippen LogP contribution in [0.1, 0.15) is 16.7 Å². The summed E-state index contributed by atoms with van der Waals surface area (Å²) in [6.45, 7) is 5.83. The molecule has 0 aromatic carbocycles. The van der Waals surface area contributed by atoms with E-state index in [1.54, 1.807) is 24.8 Å². The largest absolute Gasteiger partial charge is 0.264 e. The number of nitrogens with zero attached hydrogens (tertiary/aromatic N) is 5. The zero-order chi connectivity index (χ0) is 22.8. The first-order chi connectivity index (χ1) is 15.4. The van der Waals surface area contributed by atoms with Gasteiger partial charge in [0, 0.05) is 46.7 Å². The second-order valence-corrected chi connectivity index (χ2v) is 8.37. The van der Waals surface area contributed by atoms with Crippen LogP contribution >= 0.6 is 34.8 Å². The number of halogens is 3. The molecule has 0 spiro atoms. The minimum Gasteiger partial charge on any atom is -0.264 e. The van der Waals surface area contributed by atoms with Crippen molar-refractivity contribution < 1.29 is 0 Å². The number of hydrogen-bond donors (Lipinski definition) is 0. The molecule has 0 saturated heterocycles. The van der Waals surface area contributed by atoms with Crippen LogP contribution in [-0.4, -0.2) is 24.9 Å². The SMILES string of the molecule is Cc1c(Cl)nc2ncccc2c1Cl.Cc1cncc(-c2nc3cnccc3c(Cl)c2C)c1. The van der Waals surface area contributed by atoms with E-state index in [-0.39, 0.29) is 0 Å². The van der Waals surface area contributed by atoms with Crippen molar-refractivity contribution in [3.63, 3.8) is 0 Å². The van der Waals surface area contributed by atoms with Crippen LogP contribution < -0.4 is 0 Å². The Labute approximate surface area is 200 Å². The van der Waals surface area contributed by atoms with E-state index in [1.165, 1.54) is 0 Å². The van der Waals surface area contributed by atoms with E-state index in [4.69, 9.17) is 34.8 Å². The molecule has 32 heavy (non-hydrogen) atoms.